The summed E-state index contributed by atoms with van der Waals surface area (Å²) in [6.45, 7) is 2.31. The summed E-state index contributed by atoms with van der Waals surface area (Å²) in [5, 5.41) is 0. The Morgan fingerprint density at radius 3 is 2.79 bits per heavy atom. The molecule has 2 heterocycles. The molecule has 4 N–H and O–H groups in total. The van der Waals surface area contributed by atoms with Crippen molar-refractivity contribution >= 4 is 17.1 Å². The maximum atomic E-state index is 12.2. The molecular weight excluding hydrogens is 358 g/mol. The van der Waals surface area contributed by atoms with E-state index in [1.807, 2.05) is 31.2 Å². The van der Waals surface area contributed by atoms with Gasteiger partial charge in [0.05, 0.1) is 18.5 Å². The Kier molecular flexibility index (Phi) is 4.36. The van der Waals surface area contributed by atoms with Crippen molar-refractivity contribution in [1.82, 2.24) is 19.9 Å². The van der Waals surface area contributed by atoms with E-state index in [1.165, 1.54) is 6.33 Å². The van der Waals surface area contributed by atoms with Crippen LogP contribution in [0.3, 0.4) is 0 Å². The van der Waals surface area contributed by atoms with Crippen molar-refractivity contribution in [3.63, 3.8) is 0 Å². The molecule has 28 heavy (non-hydrogen) atoms. The van der Waals surface area contributed by atoms with Crippen LogP contribution in [0.5, 0.6) is 5.75 Å². The second-order valence-corrected chi connectivity index (χ2v) is 6.10. The zero-order valence-corrected chi connectivity index (χ0v) is 15.0. The number of aromatic nitrogens is 4. The average Bonchev–Trinajstić information content (AvgIpc) is 3.17. The lowest BCUT2D eigenvalue weighted by molar-refractivity contribution is 0.100. The Morgan fingerprint density at radius 1 is 1.18 bits per heavy atom. The molecule has 0 spiro atoms. The zero-order valence-electron chi connectivity index (χ0n) is 15.0. The van der Waals surface area contributed by atoms with Crippen LogP contribution in [0.4, 0.5) is 0 Å². The number of primary amides is 1. The first-order valence-corrected chi connectivity index (χ1v) is 8.67. The van der Waals surface area contributed by atoms with E-state index in [4.69, 9.17) is 10.5 Å². The number of carbonyl (C=O) groups is 1. The summed E-state index contributed by atoms with van der Waals surface area (Å²) < 4.78 is 5.79. The number of nitrogens with two attached hydrogens (primary N) is 1. The number of carbonyl (C=O) groups excluding carboxylic acids is 1. The molecule has 1 amide bonds. The SMILES string of the molecule is CCOc1cc(-c2cccc(C(N)=O)c2)ccc1-c1nc2[nH]cnc2c(=O)[nH]1. The molecule has 0 aliphatic heterocycles. The molecule has 0 atom stereocenters. The number of nitrogens with zero attached hydrogens (tertiary/aromatic N) is 2. The van der Waals surface area contributed by atoms with E-state index in [0.29, 0.717) is 35.0 Å². The first-order valence-electron chi connectivity index (χ1n) is 8.67. The molecule has 4 rings (SSSR count). The van der Waals surface area contributed by atoms with Crippen LogP contribution in [0.2, 0.25) is 0 Å². The van der Waals surface area contributed by atoms with Crippen LogP contribution in [0.25, 0.3) is 33.7 Å². The van der Waals surface area contributed by atoms with Crippen molar-refractivity contribution in [1.29, 1.82) is 0 Å². The predicted molar refractivity (Wildman–Crippen MR) is 105 cm³/mol. The number of imidazole rings is 1. The number of hydrogen-bond donors (Lipinski definition) is 3. The monoisotopic (exact) mass is 375 g/mol. The summed E-state index contributed by atoms with van der Waals surface area (Å²) in [5.41, 5.74) is 8.44. The largest absolute Gasteiger partial charge is 0.493 e. The van der Waals surface area contributed by atoms with Crippen molar-refractivity contribution in [2.75, 3.05) is 6.61 Å². The van der Waals surface area contributed by atoms with E-state index in [2.05, 4.69) is 19.9 Å². The van der Waals surface area contributed by atoms with Gasteiger partial charge in [-0.3, -0.25) is 9.59 Å². The summed E-state index contributed by atoms with van der Waals surface area (Å²) in [4.78, 5) is 37.7. The first-order chi connectivity index (χ1) is 13.6. The third kappa shape index (κ3) is 3.11. The standard InChI is InChI=1S/C20H17N5O3/c1-2-28-15-9-12(11-4-3-5-13(8-11)17(21)26)6-7-14(15)18-24-19-16(20(27)25-18)22-10-23-19/h3-10H,2H2,1H3,(H2,21,26)(H2,22,23,24,25,27). The Morgan fingerprint density at radius 2 is 2.00 bits per heavy atom. The summed E-state index contributed by atoms with van der Waals surface area (Å²) >= 11 is 0. The maximum absolute atomic E-state index is 12.2. The van der Waals surface area contributed by atoms with Gasteiger partial charge in [-0.05, 0) is 42.3 Å². The molecule has 0 aliphatic carbocycles. The topological polar surface area (TPSA) is 127 Å². The van der Waals surface area contributed by atoms with Gasteiger partial charge in [0.15, 0.2) is 11.2 Å². The predicted octanol–water partition coefficient (Wildman–Crippen LogP) is 2.48. The van der Waals surface area contributed by atoms with Gasteiger partial charge < -0.3 is 20.4 Å². The number of aromatic amines is 2. The number of amides is 1. The van der Waals surface area contributed by atoms with Crippen molar-refractivity contribution < 1.29 is 9.53 Å². The number of hydrogen-bond acceptors (Lipinski definition) is 5. The Balaban J connectivity index is 1.84. The van der Waals surface area contributed by atoms with Crippen molar-refractivity contribution in [3.8, 4) is 28.3 Å². The number of nitrogens with one attached hydrogen (secondary N) is 2. The minimum absolute atomic E-state index is 0.251. The van der Waals surface area contributed by atoms with Gasteiger partial charge in [0, 0.05) is 5.56 Å². The van der Waals surface area contributed by atoms with Gasteiger partial charge >= 0.3 is 0 Å². The van der Waals surface area contributed by atoms with Gasteiger partial charge in [0.25, 0.3) is 5.56 Å². The molecule has 0 bridgehead atoms. The lowest BCUT2D eigenvalue weighted by atomic mass is 10.0. The van der Waals surface area contributed by atoms with Gasteiger partial charge in [-0.1, -0.05) is 18.2 Å². The van der Waals surface area contributed by atoms with E-state index < -0.39 is 5.91 Å². The number of fused-ring (bicyclic) bond motifs is 1. The van der Waals surface area contributed by atoms with E-state index >= 15 is 0 Å². The molecule has 2 aromatic carbocycles. The Labute approximate surface area is 159 Å². The fraction of sp³-hybridized carbons (Fsp3) is 0.100. The van der Waals surface area contributed by atoms with Gasteiger partial charge in [0.1, 0.15) is 11.6 Å². The minimum Gasteiger partial charge on any atom is -0.493 e. The highest BCUT2D eigenvalue weighted by Gasteiger charge is 2.14. The van der Waals surface area contributed by atoms with Gasteiger partial charge in [-0.2, -0.15) is 0 Å². The third-order valence-electron chi connectivity index (χ3n) is 4.31. The van der Waals surface area contributed by atoms with Crippen molar-refractivity contribution in [3.05, 3.63) is 64.7 Å². The molecule has 4 aromatic rings. The Bertz CT molecular complexity index is 1240. The van der Waals surface area contributed by atoms with Crippen molar-refractivity contribution in [2.45, 2.75) is 6.92 Å². The van der Waals surface area contributed by atoms with Gasteiger partial charge in [-0.25, -0.2) is 9.97 Å². The highest BCUT2D eigenvalue weighted by atomic mass is 16.5. The number of ether oxygens (including phenoxy) is 1. The van der Waals surface area contributed by atoms with E-state index in [-0.39, 0.29) is 11.1 Å². The van der Waals surface area contributed by atoms with Crippen LogP contribution in [0.15, 0.2) is 53.6 Å². The number of benzene rings is 2. The van der Waals surface area contributed by atoms with Crippen LogP contribution in [-0.2, 0) is 0 Å². The average molecular weight is 375 g/mol. The van der Waals surface area contributed by atoms with Crippen LogP contribution in [-0.4, -0.2) is 32.4 Å². The molecule has 0 saturated carbocycles. The highest BCUT2D eigenvalue weighted by Crippen LogP contribution is 2.33. The molecule has 8 heteroatoms. The second-order valence-electron chi connectivity index (χ2n) is 6.10. The lowest BCUT2D eigenvalue weighted by Crippen LogP contribution is -2.10. The van der Waals surface area contributed by atoms with Crippen LogP contribution >= 0.6 is 0 Å². The van der Waals surface area contributed by atoms with E-state index in [9.17, 15) is 9.59 Å². The second kappa shape index (κ2) is 6.99. The summed E-state index contributed by atoms with van der Waals surface area (Å²) in [5.74, 6) is 0.451. The quantitative estimate of drug-likeness (QED) is 0.494. The smallest absolute Gasteiger partial charge is 0.279 e. The molecule has 2 aromatic heterocycles. The van der Waals surface area contributed by atoms with Gasteiger partial charge in [-0.15, -0.1) is 0 Å². The summed E-state index contributed by atoms with van der Waals surface area (Å²) in [6.07, 6.45) is 1.43. The lowest BCUT2D eigenvalue weighted by Gasteiger charge is -2.12. The maximum Gasteiger partial charge on any atom is 0.279 e. The summed E-state index contributed by atoms with van der Waals surface area (Å²) in [6, 6.07) is 12.6. The van der Waals surface area contributed by atoms with Crippen molar-refractivity contribution in [2.24, 2.45) is 5.73 Å². The zero-order chi connectivity index (χ0) is 19.7. The van der Waals surface area contributed by atoms with Crippen LogP contribution in [0, 0.1) is 0 Å². The first kappa shape index (κ1) is 17.5. The molecule has 0 radical (unpaired) electrons. The van der Waals surface area contributed by atoms with E-state index in [0.717, 1.165) is 11.1 Å². The molecule has 0 unspecified atom stereocenters. The number of H-pyrrole nitrogens is 2. The third-order valence-corrected chi connectivity index (χ3v) is 4.31. The van der Waals surface area contributed by atoms with Gasteiger partial charge in [0.2, 0.25) is 5.91 Å². The molecule has 140 valence electrons. The van der Waals surface area contributed by atoms with Crippen LogP contribution in [0.1, 0.15) is 17.3 Å². The molecule has 0 saturated heterocycles. The fourth-order valence-electron chi connectivity index (χ4n) is 3.00. The summed E-state index contributed by atoms with van der Waals surface area (Å²) in [7, 11) is 0. The molecule has 8 nitrogen and oxygen atoms in total. The molecular formula is C20H17N5O3. The normalized spacial score (nSPS) is 10.9. The molecule has 0 fully saturated rings. The fourth-order valence-corrected chi connectivity index (χ4v) is 3.00. The van der Waals surface area contributed by atoms with E-state index in [1.54, 1.807) is 18.2 Å². The Hall–Kier alpha value is -3.94. The van der Waals surface area contributed by atoms with Crippen LogP contribution < -0.4 is 16.0 Å². The minimum atomic E-state index is -0.488. The molecule has 0 aliphatic rings. The highest BCUT2D eigenvalue weighted by molar-refractivity contribution is 5.94. The number of rotatable bonds is 5.